The van der Waals surface area contributed by atoms with Crippen LogP contribution in [0.5, 0.6) is 5.75 Å². The SMILES string of the molecule is Cc1ccc(Cn2c(SCC(=O)N/N=C\c3cc(C(C)(C)C)c(O)c(C(C)(C)C)c3)nc3ccccc32)cc1. The van der Waals surface area contributed by atoms with E-state index in [0.29, 0.717) is 12.3 Å². The van der Waals surface area contributed by atoms with Gasteiger partial charge in [-0.2, -0.15) is 5.10 Å². The van der Waals surface area contributed by atoms with E-state index in [-0.39, 0.29) is 22.5 Å². The number of para-hydroxylation sites is 2. The third-order valence-corrected chi connectivity index (χ3v) is 7.54. The van der Waals surface area contributed by atoms with Crippen LogP contribution in [0.2, 0.25) is 0 Å². The largest absolute Gasteiger partial charge is 0.507 e. The molecule has 0 bridgehead atoms. The Morgan fingerprint density at radius 3 is 2.23 bits per heavy atom. The average Bonchev–Trinajstić information content (AvgIpc) is 3.20. The van der Waals surface area contributed by atoms with E-state index in [1.165, 1.54) is 22.9 Å². The smallest absolute Gasteiger partial charge is 0.250 e. The first-order chi connectivity index (χ1) is 18.3. The molecule has 7 heteroatoms. The van der Waals surface area contributed by atoms with Crippen LogP contribution in [0, 0.1) is 6.92 Å². The van der Waals surface area contributed by atoms with E-state index < -0.39 is 0 Å². The number of nitrogens with zero attached hydrogens (tertiary/aromatic N) is 3. The van der Waals surface area contributed by atoms with Gasteiger partial charge in [0.1, 0.15) is 5.75 Å². The zero-order chi connectivity index (χ0) is 28.4. The molecule has 0 atom stereocenters. The van der Waals surface area contributed by atoms with E-state index in [1.54, 1.807) is 6.21 Å². The van der Waals surface area contributed by atoms with Gasteiger partial charge in [0.15, 0.2) is 5.16 Å². The van der Waals surface area contributed by atoms with Crippen molar-refractivity contribution in [2.24, 2.45) is 5.10 Å². The highest BCUT2D eigenvalue weighted by Crippen LogP contribution is 2.39. The Hall–Kier alpha value is -3.58. The first-order valence-corrected chi connectivity index (χ1v) is 14.1. The minimum absolute atomic E-state index is 0.185. The molecule has 2 N–H and O–H groups in total. The number of hydrogen-bond acceptors (Lipinski definition) is 5. The van der Waals surface area contributed by atoms with Crippen LogP contribution >= 0.6 is 11.8 Å². The summed E-state index contributed by atoms with van der Waals surface area (Å²) in [5, 5.41) is 15.9. The number of thioether (sulfide) groups is 1. The summed E-state index contributed by atoms with van der Waals surface area (Å²) in [7, 11) is 0. The lowest BCUT2D eigenvalue weighted by molar-refractivity contribution is -0.118. The van der Waals surface area contributed by atoms with Crippen LogP contribution in [0.3, 0.4) is 0 Å². The van der Waals surface area contributed by atoms with Crippen molar-refractivity contribution in [3.63, 3.8) is 0 Å². The quantitative estimate of drug-likeness (QED) is 0.151. The minimum Gasteiger partial charge on any atom is -0.507 e. The number of aromatic hydroxyl groups is 1. The lowest BCUT2D eigenvalue weighted by Gasteiger charge is -2.27. The summed E-state index contributed by atoms with van der Waals surface area (Å²) in [6.45, 7) is 15.2. The third kappa shape index (κ3) is 6.90. The van der Waals surface area contributed by atoms with Gasteiger partial charge in [0.2, 0.25) is 0 Å². The Labute approximate surface area is 235 Å². The molecule has 0 aliphatic rings. The van der Waals surface area contributed by atoms with E-state index in [0.717, 1.165) is 32.9 Å². The number of nitrogens with one attached hydrogen (secondary N) is 1. The topological polar surface area (TPSA) is 79.5 Å². The number of hydrazone groups is 1. The zero-order valence-corrected chi connectivity index (χ0v) is 24.7. The van der Waals surface area contributed by atoms with Crippen LogP contribution in [-0.2, 0) is 22.2 Å². The monoisotopic (exact) mass is 542 g/mol. The molecule has 0 saturated carbocycles. The van der Waals surface area contributed by atoms with Crippen molar-refractivity contribution in [1.82, 2.24) is 15.0 Å². The molecular weight excluding hydrogens is 504 g/mol. The lowest BCUT2D eigenvalue weighted by Crippen LogP contribution is -2.20. The van der Waals surface area contributed by atoms with Crippen LogP contribution in [-0.4, -0.2) is 32.5 Å². The van der Waals surface area contributed by atoms with Gasteiger partial charge in [-0.1, -0.05) is 95.3 Å². The predicted octanol–water partition coefficient (Wildman–Crippen LogP) is 6.94. The third-order valence-electron chi connectivity index (χ3n) is 6.56. The average molecular weight is 543 g/mol. The Kier molecular flexibility index (Phi) is 8.21. The number of carbonyl (C=O) groups is 1. The number of amides is 1. The number of benzene rings is 3. The fourth-order valence-electron chi connectivity index (χ4n) is 4.41. The van der Waals surface area contributed by atoms with E-state index in [9.17, 15) is 9.90 Å². The molecule has 1 amide bonds. The van der Waals surface area contributed by atoms with Crippen LogP contribution in [0.15, 0.2) is 70.9 Å². The molecule has 4 rings (SSSR count). The van der Waals surface area contributed by atoms with Gasteiger partial charge >= 0.3 is 0 Å². The van der Waals surface area contributed by atoms with Gasteiger partial charge in [0, 0.05) is 11.1 Å². The summed E-state index contributed by atoms with van der Waals surface area (Å²) in [4.78, 5) is 17.5. The van der Waals surface area contributed by atoms with Gasteiger partial charge in [0.05, 0.1) is 29.5 Å². The molecule has 204 valence electrons. The first kappa shape index (κ1) is 28.4. The number of phenols is 1. The van der Waals surface area contributed by atoms with E-state index >= 15 is 0 Å². The highest BCUT2D eigenvalue weighted by molar-refractivity contribution is 7.99. The second-order valence-electron chi connectivity index (χ2n) is 12.0. The lowest BCUT2D eigenvalue weighted by atomic mass is 9.78. The van der Waals surface area contributed by atoms with Gasteiger partial charge in [0.25, 0.3) is 5.91 Å². The summed E-state index contributed by atoms with van der Waals surface area (Å²) in [6, 6.07) is 20.4. The number of rotatable bonds is 7. The van der Waals surface area contributed by atoms with Crippen LogP contribution in [0.25, 0.3) is 11.0 Å². The summed E-state index contributed by atoms with van der Waals surface area (Å²) in [5.74, 6) is 0.294. The summed E-state index contributed by atoms with van der Waals surface area (Å²) in [6.07, 6.45) is 1.64. The Morgan fingerprint density at radius 2 is 1.62 bits per heavy atom. The Bertz CT molecular complexity index is 1470. The molecule has 0 unspecified atom stereocenters. The van der Waals surface area contributed by atoms with Crippen molar-refractivity contribution in [2.45, 2.75) is 71.0 Å². The van der Waals surface area contributed by atoms with Gasteiger partial charge < -0.3 is 9.67 Å². The number of aromatic nitrogens is 2. The molecule has 6 nitrogen and oxygen atoms in total. The maximum atomic E-state index is 12.7. The van der Waals surface area contributed by atoms with Crippen molar-refractivity contribution in [2.75, 3.05) is 5.75 Å². The second-order valence-corrected chi connectivity index (χ2v) is 12.9. The fraction of sp³-hybridized carbons (Fsp3) is 0.344. The van der Waals surface area contributed by atoms with Gasteiger partial charge in [-0.3, -0.25) is 4.79 Å². The fourth-order valence-corrected chi connectivity index (χ4v) is 5.21. The number of phenolic OH excluding ortho intramolecular Hbond substituents is 1. The summed E-state index contributed by atoms with van der Waals surface area (Å²) in [5.41, 5.74) is 9.05. The summed E-state index contributed by atoms with van der Waals surface area (Å²) >= 11 is 1.40. The molecule has 0 saturated heterocycles. The molecule has 0 aliphatic heterocycles. The molecule has 39 heavy (non-hydrogen) atoms. The zero-order valence-electron chi connectivity index (χ0n) is 23.9. The number of carbonyl (C=O) groups excluding carboxylic acids is 1. The second kappa shape index (κ2) is 11.3. The van der Waals surface area contributed by atoms with Crippen LogP contribution in [0.1, 0.15) is 69.4 Å². The molecule has 4 aromatic rings. The maximum Gasteiger partial charge on any atom is 0.250 e. The van der Waals surface area contributed by atoms with Gasteiger partial charge in [-0.25, -0.2) is 10.4 Å². The van der Waals surface area contributed by atoms with Crippen LogP contribution < -0.4 is 5.43 Å². The van der Waals surface area contributed by atoms with Crippen molar-refractivity contribution in [3.8, 4) is 5.75 Å². The first-order valence-electron chi connectivity index (χ1n) is 13.2. The number of imidazole rings is 1. The predicted molar refractivity (Wildman–Crippen MR) is 162 cm³/mol. The molecule has 0 radical (unpaired) electrons. The normalized spacial score (nSPS) is 12.4. The molecule has 3 aromatic carbocycles. The molecule has 0 spiro atoms. The van der Waals surface area contributed by atoms with E-state index in [2.05, 4.69) is 93.9 Å². The number of fused-ring (bicyclic) bond motifs is 1. The van der Waals surface area contributed by atoms with Crippen LogP contribution in [0.4, 0.5) is 0 Å². The van der Waals surface area contributed by atoms with E-state index in [1.807, 2.05) is 30.3 Å². The highest BCUT2D eigenvalue weighted by atomic mass is 32.2. The molecule has 0 fully saturated rings. The van der Waals surface area contributed by atoms with Crippen molar-refractivity contribution < 1.29 is 9.90 Å². The summed E-state index contributed by atoms with van der Waals surface area (Å²) < 4.78 is 2.15. The number of aryl methyl sites for hydroxylation is 1. The minimum atomic E-state index is -0.238. The molecule has 0 aliphatic carbocycles. The van der Waals surface area contributed by atoms with E-state index in [4.69, 9.17) is 4.98 Å². The Balaban J connectivity index is 1.48. The van der Waals surface area contributed by atoms with Gasteiger partial charge in [-0.05, 0) is 53.1 Å². The molecule has 1 aromatic heterocycles. The van der Waals surface area contributed by atoms with Gasteiger partial charge in [-0.15, -0.1) is 0 Å². The Morgan fingerprint density at radius 1 is 1.00 bits per heavy atom. The van der Waals surface area contributed by atoms with Crippen molar-refractivity contribution in [1.29, 1.82) is 0 Å². The maximum absolute atomic E-state index is 12.7. The molecular formula is C32H38N4O2S. The number of hydrogen-bond donors (Lipinski definition) is 2. The highest BCUT2D eigenvalue weighted by Gasteiger charge is 2.26. The standard InChI is InChI=1S/C32H38N4O2S/c1-21-12-14-22(15-13-21)19-36-27-11-9-8-10-26(27)34-30(36)39-20-28(37)35-33-18-23-16-24(31(2,3)4)29(38)25(17-23)32(5,6)7/h8-18,38H,19-20H2,1-7H3,(H,35,37)/b33-18-. The van der Waals surface area contributed by atoms with Crippen molar-refractivity contribution in [3.05, 3.63) is 88.5 Å². The van der Waals surface area contributed by atoms with Crippen molar-refractivity contribution >= 4 is 34.9 Å². The molecule has 1 heterocycles.